The molecular formula is C24H28N4O2S. The van der Waals surface area contributed by atoms with Gasteiger partial charge in [-0.15, -0.1) is 0 Å². The van der Waals surface area contributed by atoms with Gasteiger partial charge in [-0.2, -0.15) is 5.10 Å². The molecule has 0 amide bonds. The first-order valence-electron chi connectivity index (χ1n) is 10.5. The highest BCUT2D eigenvalue weighted by Gasteiger charge is 2.26. The molecule has 0 fully saturated rings. The zero-order chi connectivity index (χ0) is 22.1. The van der Waals surface area contributed by atoms with Crippen LogP contribution in [0, 0.1) is 0 Å². The van der Waals surface area contributed by atoms with Crippen molar-refractivity contribution in [3.63, 3.8) is 0 Å². The molecule has 31 heavy (non-hydrogen) atoms. The van der Waals surface area contributed by atoms with Gasteiger partial charge in [0.1, 0.15) is 11.4 Å². The Kier molecular flexibility index (Phi) is 8.18. The Hall–Kier alpha value is -3.19. The minimum atomic E-state index is -0.409. The van der Waals surface area contributed by atoms with Crippen molar-refractivity contribution in [2.75, 3.05) is 18.1 Å². The molecule has 0 aliphatic heterocycles. The second-order valence-electron chi connectivity index (χ2n) is 7.05. The quantitative estimate of drug-likeness (QED) is 0.396. The molecule has 0 aliphatic carbocycles. The molecule has 0 spiro atoms. The molecule has 1 N–H and O–H groups in total. The third-order valence-corrected chi connectivity index (χ3v) is 5.06. The number of benzene rings is 2. The summed E-state index contributed by atoms with van der Waals surface area (Å²) >= 11 is 5.74. The van der Waals surface area contributed by atoms with Gasteiger partial charge in [-0.3, -0.25) is 4.90 Å². The predicted octanol–water partition coefficient (Wildman–Crippen LogP) is 4.40. The van der Waals surface area contributed by atoms with Gasteiger partial charge in [0.25, 0.3) is 0 Å². The van der Waals surface area contributed by atoms with Crippen molar-refractivity contribution in [3.8, 4) is 0 Å². The lowest BCUT2D eigenvalue weighted by Gasteiger charge is -2.27. The molecule has 0 radical (unpaired) electrons. The molecule has 6 nitrogen and oxygen atoms in total. The van der Waals surface area contributed by atoms with E-state index in [1.165, 1.54) is 0 Å². The van der Waals surface area contributed by atoms with Crippen LogP contribution in [0.4, 0.5) is 5.82 Å². The van der Waals surface area contributed by atoms with Crippen molar-refractivity contribution in [1.82, 2.24) is 15.1 Å². The smallest absolute Gasteiger partial charge is 0.343 e. The summed E-state index contributed by atoms with van der Waals surface area (Å²) in [6.07, 6.45) is 2.50. The standard InChI is InChI=1S/C24H28N4O2S/c1-3-15-25-24(31)27(17-19-11-7-5-8-12-19)22-21(23(29)30-4-2)16-26-28(22)18-20-13-9-6-10-14-20/h5-14,16H,3-4,15,17-18H2,1-2H3,(H,25,31). The van der Waals surface area contributed by atoms with E-state index < -0.39 is 5.97 Å². The molecule has 1 aromatic heterocycles. The van der Waals surface area contributed by atoms with Crippen LogP contribution in [0.3, 0.4) is 0 Å². The Balaban J connectivity index is 2.05. The number of nitrogens with one attached hydrogen (secondary N) is 1. The van der Waals surface area contributed by atoms with Gasteiger partial charge in [-0.1, -0.05) is 67.6 Å². The Labute approximate surface area is 188 Å². The van der Waals surface area contributed by atoms with Crippen molar-refractivity contribution >= 4 is 29.1 Å². The van der Waals surface area contributed by atoms with Gasteiger partial charge in [-0.25, -0.2) is 9.48 Å². The largest absolute Gasteiger partial charge is 0.462 e. The molecule has 0 unspecified atom stereocenters. The first kappa shape index (κ1) is 22.5. The van der Waals surface area contributed by atoms with E-state index in [1.807, 2.05) is 70.2 Å². The first-order chi connectivity index (χ1) is 15.1. The van der Waals surface area contributed by atoms with Gasteiger partial charge < -0.3 is 10.1 Å². The summed E-state index contributed by atoms with van der Waals surface area (Å²) in [5.41, 5.74) is 2.55. The number of anilines is 1. The Bertz CT molecular complexity index is 989. The SMILES string of the molecule is CCCNC(=S)N(Cc1ccccc1)c1c(C(=O)OCC)cnn1Cc1ccccc1. The second-order valence-corrected chi connectivity index (χ2v) is 7.44. The lowest BCUT2D eigenvalue weighted by atomic mass is 10.2. The molecule has 2 aromatic carbocycles. The summed E-state index contributed by atoms with van der Waals surface area (Å²) in [6.45, 7) is 5.92. The van der Waals surface area contributed by atoms with Crippen LogP contribution < -0.4 is 10.2 Å². The molecule has 0 aliphatic rings. The highest BCUT2D eigenvalue weighted by atomic mass is 32.1. The van der Waals surface area contributed by atoms with Gasteiger partial charge in [0, 0.05) is 6.54 Å². The fourth-order valence-electron chi connectivity index (χ4n) is 3.22. The summed E-state index contributed by atoms with van der Waals surface area (Å²) in [5, 5.41) is 8.37. The average Bonchev–Trinajstić information content (AvgIpc) is 3.20. The van der Waals surface area contributed by atoms with E-state index in [0.29, 0.717) is 36.2 Å². The number of esters is 1. The van der Waals surface area contributed by atoms with Gasteiger partial charge >= 0.3 is 5.97 Å². The van der Waals surface area contributed by atoms with Crippen molar-refractivity contribution in [1.29, 1.82) is 0 Å². The fraction of sp³-hybridized carbons (Fsp3) is 0.292. The van der Waals surface area contributed by atoms with Gasteiger partial charge in [0.05, 0.1) is 25.9 Å². The van der Waals surface area contributed by atoms with E-state index in [-0.39, 0.29) is 0 Å². The van der Waals surface area contributed by atoms with E-state index in [0.717, 1.165) is 24.1 Å². The Morgan fingerprint density at radius 1 is 1.06 bits per heavy atom. The normalized spacial score (nSPS) is 10.5. The summed E-state index contributed by atoms with van der Waals surface area (Å²) in [7, 11) is 0. The van der Waals surface area contributed by atoms with Crippen LogP contribution in [-0.2, 0) is 17.8 Å². The lowest BCUT2D eigenvalue weighted by Crippen LogP contribution is -2.41. The average molecular weight is 437 g/mol. The van der Waals surface area contributed by atoms with Crippen LogP contribution in [0.1, 0.15) is 41.8 Å². The molecule has 0 saturated carbocycles. The zero-order valence-electron chi connectivity index (χ0n) is 18.0. The highest BCUT2D eigenvalue weighted by molar-refractivity contribution is 7.80. The minimum absolute atomic E-state index is 0.291. The van der Waals surface area contributed by atoms with Crippen LogP contribution in [-0.4, -0.2) is 34.0 Å². The predicted molar refractivity (Wildman–Crippen MR) is 127 cm³/mol. The summed E-state index contributed by atoms with van der Waals surface area (Å²) in [4.78, 5) is 14.7. The third kappa shape index (κ3) is 5.92. The summed E-state index contributed by atoms with van der Waals surface area (Å²) in [6, 6.07) is 20.0. The number of ether oxygens (including phenoxy) is 1. The summed E-state index contributed by atoms with van der Waals surface area (Å²) < 4.78 is 7.12. The molecule has 7 heteroatoms. The molecule has 0 saturated heterocycles. The van der Waals surface area contributed by atoms with E-state index in [2.05, 4.69) is 17.3 Å². The van der Waals surface area contributed by atoms with Crippen molar-refractivity contribution in [2.24, 2.45) is 0 Å². The maximum Gasteiger partial charge on any atom is 0.343 e. The molecule has 162 valence electrons. The van der Waals surface area contributed by atoms with Crippen LogP contribution in [0.2, 0.25) is 0 Å². The molecular weight excluding hydrogens is 408 g/mol. The van der Waals surface area contributed by atoms with E-state index in [1.54, 1.807) is 13.1 Å². The van der Waals surface area contributed by atoms with Crippen LogP contribution in [0.15, 0.2) is 66.9 Å². The number of hydrogen-bond donors (Lipinski definition) is 1. The van der Waals surface area contributed by atoms with Crippen LogP contribution in [0.25, 0.3) is 0 Å². The maximum atomic E-state index is 12.8. The zero-order valence-corrected chi connectivity index (χ0v) is 18.8. The van der Waals surface area contributed by atoms with E-state index in [4.69, 9.17) is 17.0 Å². The van der Waals surface area contributed by atoms with E-state index >= 15 is 0 Å². The van der Waals surface area contributed by atoms with Gasteiger partial charge in [0.15, 0.2) is 5.11 Å². The molecule has 0 bridgehead atoms. The van der Waals surface area contributed by atoms with Gasteiger partial charge in [-0.05, 0) is 36.7 Å². The number of carbonyl (C=O) groups excluding carboxylic acids is 1. The Morgan fingerprint density at radius 3 is 2.32 bits per heavy atom. The first-order valence-corrected chi connectivity index (χ1v) is 10.9. The van der Waals surface area contributed by atoms with Crippen molar-refractivity contribution in [2.45, 2.75) is 33.4 Å². The molecule has 3 rings (SSSR count). The monoisotopic (exact) mass is 436 g/mol. The fourth-order valence-corrected chi connectivity index (χ4v) is 3.48. The number of nitrogens with zero attached hydrogens (tertiary/aromatic N) is 3. The Morgan fingerprint density at radius 2 is 1.71 bits per heavy atom. The number of thiocarbonyl (C=S) groups is 1. The van der Waals surface area contributed by atoms with E-state index in [9.17, 15) is 4.79 Å². The molecule has 0 atom stereocenters. The van der Waals surface area contributed by atoms with Crippen molar-refractivity contribution in [3.05, 3.63) is 83.6 Å². The molecule has 3 aromatic rings. The number of hydrogen-bond acceptors (Lipinski definition) is 4. The minimum Gasteiger partial charge on any atom is -0.462 e. The maximum absolute atomic E-state index is 12.8. The van der Waals surface area contributed by atoms with Crippen molar-refractivity contribution < 1.29 is 9.53 Å². The number of rotatable bonds is 9. The van der Waals surface area contributed by atoms with Crippen LogP contribution >= 0.6 is 12.2 Å². The van der Waals surface area contributed by atoms with Gasteiger partial charge in [0.2, 0.25) is 0 Å². The topological polar surface area (TPSA) is 59.4 Å². The number of carbonyl (C=O) groups is 1. The third-order valence-electron chi connectivity index (χ3n) is 4.69. The summed E-state index contributed by atoms with van der Waals surface area (Å²) in [5.74, 6) is 0.216. The second kappa shape index (κ2) is 11.3. The lowest BCUT2D eigenvalue weighted by molar-refractivity contribution is 0.0527. The highest BCUT2D eigenvalue weighted by Crippen LogP contribution is 2.25. The number of aromatic nitrogens is 2. The van der Waals surface area contributed by atoms with Crippen LogP contribution in [0.5, 0.6) is 0 Å². The molecule has 1 heterocycles.